The molecule has 7 heteroatoms. The van der Waals surface area contributed by atoms with Crippen LogP contribution in [0.15, 0.2) is 60.8 Å². The van der Waals surface area contributed by atoms with E-state index in [0.717, 1.165) is 17.5 Å². The maximum absolute atomic E-state index is 13.1. The van der Waals surface area contributed by atoms with Gasteiger partial charge >= 0.3 is 6.03 Å². The molecule has 1 aliphatic heterocycles. The lowest BCUT2D eigenvalue weighted by Gasteiger charge is -2.34. The molecule has 1 fully saturated rings. The first-order chi connectivity index (χ1) is 15.0. The summed E-state index contributed by atoms with van der Waals surface area (Å²) in [5, 5.41) is 8.43. The number of rotatable bonds is 9. The van der Waals surface area contributed by atoms with Crippen molar-refractivity contribution < 1.29 is 19.1 Å². The van der Waals surface area contributed by atoms with Crippen molar-refractivity contribution in [2.24, 2.45) is 5.92 Å². The molecule has 1 heterocycles. The van der Waals surface area contributed by atoms with Crippen LogP contribution in [-0.2, 0) is 11.3 Å². The van der Waals surface area contributed by atoms with E-state index in [1.54, 1.807) is 0 Å². The highest BCUT2D eigenvalue weighted by Gasteiger charge is 2.38. The van der Waals surface area contributed by atoms with Crippen molar-refractivity contribution in [3.8, 4) is 11.5 Å². The van der Waals surface area contributed by atoms with Crippen molar-refractivity contribution in [3.63, 3.8) is 0 Å². The molecule has 0 bridgehead atoms. The van der Waals surface area contributed by atoms with Gasteiger partial charge in [-0.05, 0) is 36.6 Å². The number of urea groups is 1. The van der Waals surface area contributed by atoms with Crippen LogP contribution in [0.3, 0.4) is 0 Å². The largest absolute Gasteiger partial charge is 0.490 e. The van der Waals surface area contributed by atoms with E-state index in [1.165, 1.54) is 0 Å². The predicted molar refractivity (Wildman–Crippen MR) is 119 cm³/mol. The lowest BCUT2D eigenvalue weighted by Crippen LogP contribution is -2.52. The van der Waals surface area contributed by atoms with Crippen molar-refractivity contribution in [1.82, 2.24) is 16.0 Å². The Balaban J connectivity index is 1.85. The Hall–Kier alpha value is -3.48. The van der Waals surface area contributed by atoms with Gasteiger partial charge in [0, 0.05) is 12.2 Å². The van der Waals surface area contributed by atoms with Gasteiger partial charge in [0.1, 0.15) is 5.92 Å². The van der Waals surface area contributed by atoms with E-state index in [0.29, 0.717) is 37.0 Å². The second-order valence-electron chi connectivity index (χ2n) is 7.27. The fourth-order valence-electron chi connectivity index (χ4n) is 3.48. The Morgan fingerprint density at radius 2 is 1.87 bits per heavy atom. The third-order valence-electron chi connectivity index (χ3n) is 4.95. The molecule has 3 N–H and O–H groups in total. The highest BCUT2D eigenvalue weighted by molar-refractivity contribution is 5.88. The molecule has 7 nitrogen and oxygen atoms in total. The summed E-state index contributed by atoms with van der Waals surface area (Å²) in [6.45, 7) is 9.28. The van der Waals surface area contributed by atoms with Gasteiger partial charge < -0.3 is 25.4 Å². The van der Waals surface area contributed by atoms with Gasteiger partial charge in [-0.15, -0.1) is 0 Å². The van der Waals surface area contributed by atoms with Crippen molar-refractivity contribution in [3.05, 3.63) is 71.9 Å². The molecule has 0 spiro atoms. The summed E-state index contributed by atoms with van der Waals surface area (Å²) in [5.74, 6) is 0.306. The molecular weight excluding hydrogens is 394 g/mol. The van der Waals surface area contributed by atoms with E-state index in [9.17, 15) is 9.59 Å². The molecule has 0 radical (unpaired) electrons. The van der Waals surface area contributed by atoms with Gasteiger partial charge in [0.25, 0.3) is 0 Å². The maximum Gasteiger partial charge on any atom is 0.319 e. The van der Waals surface area contributed by atoms with Crippen molar-refractivity contribution in [2.45, 2.75) is 32.9 Å². The van der Waals surface area contributed by atoms with Gasteiger partial charge in [0.15, 0.2) is 11.5 Å². The fraction of sp³-hybridized carbons (Fsp3) is 0.333. The zero-order valence-electron chi connectivity index (χ0n) is 17.9. The number of carbonyl (C=O) groups excluding carboxylic acids is 2. The molecule has 0 aromatic heterocycles. The summed E-state index contributed by atoms with van der Waals surface area (Å²) in [7, 11) is 0. The van der Waals surface area contributed by atoms with Crippen LogP contribution < -0.4 is 25.4 Å². The Kier molecular flexibility index (Phi) is 7.54. The van der Waals surface area contributed by atoms with Crippen LogP contribution in [-0.4, -0.2) is 25.2 Å². The Morgan fingerprint density at radius 1 is 1.10 bits per heavy atom. The molecule has 0 aliphatic carbocycles. The molecule has 3 rings (SSSR count). The Morgan fingerprint density at radius 3 is 2.58 bits per heavy atom. The van der Waals surface area contributed by atoms with Crippen molar-refractivity contribution >= 4 is 11.9 Å². The lowest BCUT2D eigenvalue weighted by atomic mass is 9.88. The highest BCUT2D eigenvalue weighted by atomic mass is 16.5. The van der Waals surface area contributed by atoms with Gasteiger partial charge in [-0.1, -0.05) is 49.9 Å². The van der Waals surface area contributed by atoms with Gasteiger partial charge in [-0.2, -0.15) is 0 Å². The number of hydrogen-bond acceptors (Lipinski definition) is 4. The zero-order valence-corrected chi connectivity index (χ0v) is 17.9. The summed E-state index contributed by atoms with van der Waals surface area (Å²) in [5.41, 5.74) is 2.08. The van der Waals surface area contributed by atoms with Crippen LogP contribution in [0.25, 0.3) is 0 Å². The minimum absolute atomic E-state index is 0.226. The van der Waals surface area contributed by atoms with E-state index >= 15 is 0 Å². The minimum atomic E-state index is -0.682. The molecule has 2 atom stereocenters. The lowest BCUT2D eigenvalue weighted by molar-refractivity contribution is -0.125. The van der Waals surface area contributed by atoms with Crippen LogP contribution in [0.5, 0.6) is 11.5 Å². The first-order valence-electron chi connectivity index (χ1n) is 10.5. The molecule has 2 aromatic rings. The van der Waals surface area contributed by atoms with Crippen LogP contribution in [0.2, 0.25) is 0 Å². The van der Waals surface area contributed by atoms with Crippen LogP contribution in [0.4, 0.5) is 4.79 Å². The summed E-state index contributed by atoms with van der Waals surface area (Å²) in [6, 6.07) is 14.1. The topological polar surface area (TPSA) is 88.7 Å². The number of carbonyl (C=O) groups is 2. The molecule has 164 valence electrons. The molecule has 2 aromatic carbocycles. The first-order valence-corrected chi connectivity index (χ1v) is 10.5. The van der Waals surface area contributed by atoms with Gasteiger partial charge in [0.2, 0.25) is 5.91 Å². The predicted octanol–water partition coefficient (Wildman–Crippen LogP) is 3.67. The molecule has 31 heavy (non-hydrogen) atoms. The van der Waals surface area contributed by atoms with Crippen molar-refractivity contribution in [2.75, 3.05) is 13.2 Å². The molecule has 0 unspecified atom stereocenters. The van der Waals surface area contributed by atoms with Crippen LogP contribution in [0, 0.1) is 5.92 Å². The first kappa shape index (κ1) is 22.2. The maximum atomic E-state index is 13.1. The molecule has 0 saturated carbocycles. The number of nitrogens with one attached hydrogen (secondary N) is 3. The molecular formula is C24H29N3O4. The van der Waals surface area contributed by atoms with Crippen molar-refractivity contribution in [1.29, 1.82) is 0 Å². The minimum Gasteiger partial charge on any atom is -0.490 e. The SMILES string of the molecule is C=C1NC(=O)N[C@H](c2ccc(OCCC)c(OCC)c2)[C@@H]1C(=O)NCc1ccccc1. The second-order valence-corrected chi connectivity index (χ2v) is 7.27. The average molecular weight is 424 g/mol. The van der Waals surface area contributed by atoms with E-state index < -0.39 is 18.0 Å². The summed E-state index contributed by atoms with van der Waals surface area (Å²) in [6.07, 6.45) is 0.876. The van der Waals surface area contributed by atoms with Gasteiger partial charge in [-0.3, -0.25) is 4.79 Å². The van der Waals surface area contributed by atoms with E-state index in [-0.39, 0.29) is 5.91 Å². The zero-order chi connectivity index (χ0) is 22.2. The summed E-state index contributed by atoms with van der Waals surface area (Å²) < 4.78 is 11.5. The van der Waals surface area contributed by atoms with E-state index in [1.807, 2.05) is 62.4 Å². The highest BCUT2D eigenvalue weighted by Crippen LogP contribution is 2.35. The third-order valence-corrected chi connectivity index (χ3v) is 4.95. The number of hydrogen-bond donors (Lipinski definition) is 3. The van der Waals surface area contributed by atoms with Crippen LogP contribution in [0.1, 0.15) is 37.4 Å². The molecule has 3 amide bonds. The summed E-state index contributed by atoms with van der Waals surface area (Å²) in [4.78, 5) is 25.2. The van der Waals surface area contributed by atoms with E-state index in [2.05, 4.69) is 22.5 Å². The molecule has 1 saturated heterocycles. The summed E-state index contributed by atoms with van der Waals surface area (Å²) >= 11 is 0. The smallest absolute Gasteiger partial charge is 0.319 e. The normalized spacial score (nSPS) is 18.0. The quantitative estimate of drug-likeness (QED) is 0.574. The van der Waals surface area contributed by atoms with E-state index in [4.69, 9.17) is 9.47 Å². The van der Waals surface area contributed by atoms with Gasteiger partial charge in [-0.25, -0.2) is 4.79 Å². The Bertz CT molecular complexity index is 930. The molecule has 1 aliphatic rings. The second kappa shape index (κ2) is 10.5. The average Bonchev–Trinajstić information content (AvgIpc) is 2.77. The number of benzene rings is 2. The number of ether oxygens (including phenoxy) is 2. The number of amides is 3. The van der Waals surface area contributed by atoms with Gasteiger partial charge in [0.05, 0.1) is 19.3 Å². The standard InChI is InChI=1S/C24H29N3O4/c1-4-13-31-19-12-11-18(14-20(19)30-5-2)22-21(16(3)26-24(29)27-22)23(28)25-15-17-9-7-6-8-10-17/h6-12,14,21-22H,3-5,13,15H2,1-2H3,(H,25,28)(H2,26,27,29)/t21-,22-/m1/s1. The monoisotopic (exact) mass is 423 g/mol. The third kappa shape index (κ3) is 5.57. The Labute approximate surface area is 182 Å². The fourth-order valence-corrected chi connectivity index (χ4v) is 3.48. The van der Waals surface area contributed by atoms with Crippen LogP contribution >= 0.6 is 0 Å².